The predicted octanol–water partition coefficient (Wildman–Crippen LogP) is 3.25. The first kappa shape index (κ1) is 14.2. The fraction of sp³-hybridized carbons (Fsp3) is 0.500. The molecule has 0 aromatic heterocycles. The normalized spacial score (nSPS) is 22.0. The molecule has 1 N–H and O–H groups in total. The van der Waals surface area contributed by atoms with Crippen LogP contribution in [0.3, 0.4) is 0 Å². The molecule has 0 bridgehead atoms. The van der Waals surface area contributed by atoms with Crippen LogP contribution < -0.4 is 5.32 Å². The first-order valence-electron chi connectivity index (χ1n) is 6.86. The first-order valence-corrected chi connectivity index (χ1v) is 6.86. The van der Waals surface area contributed by atoms with Gasteiger partial charge in [0.1, 0.15) is 5.82 Å². The molecule has 0 saturated heterocycles. The summed E-state index contributed by atoms with van der Waals surface area (Å²) in [5, 5.41) is 3.48. The number of ether oxygens (including phenoxy) is 1. The summed E-state index contributed by atoms with van der Waals surface area (Å²) in [6, 6.07) is 7.45. The number of rotatable bonds is 7. The van der Waals surface area contributed by atoms with Crippen molar-refractivity contribution in [3.05, 3.63) is 47.8 Å². The fourth-order valence-corrected chi connectivity index (χ4v) is 2.37. The Morgan fingerprint density at radius 1 is 1.37 bits per heavy atom. The van der Waals surface area contributed by atoms with Crippen molar-refractivity contribution in [3.63, 3.8) is 0 Å². The lowest BCUT2D eigenvalue weighted by Gasteiger charge is -2.36. The summed E-state index contributed by atoms with van der Waals surface area (Å²) in [6.07, 6.45) is 2.26. The zero-order valence-corrected chi connectivity index (χ0v) is 11.5. The van der Waals surface area contributed by atoms with Crippen LogP contribution in [0, 0.1) is 5.82 Å². The van der Waals surface area contributed by atoms with Crippen molar-refractivity contribution < 1.29 is 9.13 Å². The first-order chi connectivity index (χ1) is 9.15. The molecule has 1 aromatic rings. The van der Waals surface area contributed by atoms with E-state index in [1.165, 1.54) is 5.56 Å². The summed E-state index contributed by atoms with van der Waals surface area (Å²) in [5.74, 6) is 0.418. The van der Waals surface area contributed by atoms with Gasteiger partial charge in [0.05, 0.1) is 13.2 Å². The smallest absolute Gasteiger partial charge is 0.123 e. The van der Waals surface area contributed by atoms with Crippen LogP contribution in [-0.4, -0.2) is 25.8 Å². The van der Waals surface area contributed by atoms with Crippen LogP contribution in [0.15, 0.2) is 36.4 Å². The van der Waals surface area contributed by atoms with E-state index < -0.39 is 0 Å². The van der Waals surface area contributed by atoms with E-state index in [-0.39, 0.29) is 5.82 Å². The maximum atomic E-state index is 12.8. The molecule has 2 rings (SSSR count). The molecule has 0 atom stereocenters. The monoisotopic (exact) mass is 263 g/mol. The molecule has 1 aliphatic carbocycles. The minimum Gasteiger partial charge on any atom is -0.376 e. The molecule has 2 nitrogen and oxygen atoms in total. The molecule has 0 unspecified atom stereocenters. The number of halogens is 1. The molecule has 19 heavy (non-hydrogen) atoms. The van der Waals surface area contributed by atoms with E-state index in [9.17, 15) is 4.39 Å². The van der Waals surface area contributed by atoms with E-state index in [0.29, 0.717) is 18.6 Å². The largest absolute Gasteiger partial charge is 0.376 e. The van der Waals surface area contributed by atoms with Gasteiger partial charge in [0.25, 0.3) is 0 Å². The standard InChI is InChI=1S/C16H22FNO/c1-12(2)11-19-8-7-18-16-9-14(10-16)13-3-5-15(17)6-4-13/h3-6,14,16,18H,1,7-11H2,2H3. The predicted molar refractivity (Wildman–Crippen MR) is 75.8 cm³/mol. The average Bonchev–Trinajstić information content (AvgIpc) is 2.32. The Morgan fingerprint density at radius 2 is 2.05 bits per heavy atom. The highest BCUT2D eigenvalue weighted by molar-refractivity contribution is 5.23. The molecule has 0 radical (unpaired) electrons. The summed E-state index contributed by atoms with van der Waals surface area (Å²) in [6.45, 7) is 8.01. The molecule has 1 saturated carbocycles. The van der Waals surface area contributed by atoms with Crippen LogP contribution in [0.25, 0.3) is 0 Å². The Labute approximate surface area is 114 Å². The van der Waals surface area contributed by atoms with Crippen molar-refractivity contribution in [1.82, 2.24) is 5.32 Å². The summed E-state index contributed by atoms with van der Waals surface area (Å²) >= 11 is 0. The van der Waals surface area contributed by atoms with Gasteiger partial charge in [0.15, 0.2) is 0 Å². The minimum absolute atomic E-state index is 0.160. The van der Waals surface area contributed by atoms with Crippen LogP contribution in [-0.2, 0) is 4.74 Å². The Bertz CT molecular complexity index is 409. The van der Waals surface area contributed by atoms with Crippen LogP contribution in [0.4, 0.5) is 4.39 Å². The summed E-state index contributed by atoms with van der Waals surface area (Å²) in [5.41, 5.74) is 2.30. The Kier molecular flexibility index (Phi) is 5.11. The lowest BCUT2D eigenvalue weighted by Crippen LogP contribution is -2.41. The molecule has 0 spiro atoms. The third kappa shape index (κ3) is 4.44. The van der Waals surface area contributed by atoms with Gasteiger partial charge in [-0.3, -0.25) is 0 Å². The second kappa shape index (κ2) is 6.83. The number of nitrogens with one attached hydrogen (secondary N) is 1. The second-order valence-electron chi connectivity index (χ2n) is 5.38. The van der Waals surface area contributed by atoms with Crippen molar-refractivity contribution in [2.45, 2.75) is 31.7 Å². The van der Waals surface area contributed by atoms with E-state index in [2.05, 4.69) is 11.9 Å². The number of hydrogen-bond donors (Lipinski definition) is 1. The molecule has 104 valence electrons. The SMILES string of the molecule is C=C(C)COCCNC1CC(c2ccc(F)cc2)C1. The van der Waals surface area contributed by atoms with Crippen molar-refractivity contribution in [2.75, 3.05) is 19.8 Å². The zero-order valence-electron chi connectivity index (χ0n) is 11.5. The molecular weight excluding hydrogens is 241 g/mol. The highest BCUT2D eigenvalue weighted by atomic mass is 19.1. The van der Waals surface area contributed by atoms with E-state index in [1.54, 1.807) is 12.1 Å². The fourth-order valence-electron chi connectivity index (χ4n) is 2.37. The molecular formula is C16H22FNO. The number of hydrogen-bond acceptors (Lipinski definition) is 2. The van der Waals surface area contributed by atoms with Crippen LogP contribution in [0.5, 0.6) is 0 Å². The van der Waals surface area contributed by atoms with Gasteiger partial charge in [-0.25, -0.2) is 4.39 Å². The Balaban J connectivity index is 1.59. The van der Waals surface area contributed by atoms with Crippen molar-refractivity contribution in [3.8, 4) is 0 Å². The molecule has 1 aromatic carbocycles. The maximum Gasteiger partial charge on any atom is 0.123 e. The Morgan fingerprint density at radius 3 is 2.68 bits per heavy atom. The van der Waals surface area contributed by atoms with E-state index in [1.807, 2.05) is 19.1 Å². The third-order valence-electron chi connectivity index (χ3n) is 3.51. The summed E-state index contributed by atoms with van der Waals surface area (Å²) in [7, 11) is 0. The van der Waals surface area contributed by atoms with Gasteiger partial charge in [-0.05, 0) is 43.4 Å². The van der Waals surface area contributed by atoms with Gasteiger partial charge in [0.2, 0.25) is 0 Å². The molecule has 0 aliphatic heterocycles. The van der Waals surface area contributed by atoms with E-state index in [4.69, 9.17) is 4.74 Å². The van der Waals surface area contributed by atoms with Crippen molar-refractivity contribution >= 4 is 0 Å². The third-order valence-corrected chi connectivity index (χ3v) is 3.51. The van der Waals surface area contributed by atoms with Gasteiger partial charge in [-0.2, -0.15) is 0 Å². The van der Waals surface area contributed by atoms with Gasteiger partial charge < -0.3 is 10.1 Å². The highest BCUT2D eigenvalue weighted by Crippen LogP contribution is 2.36. The minimum atomic E-state index is -0.160. The summed E-state index contributed by atoms with van der Waals surface area (Å²) in [4.78, 5) is 0. The Hall–Kier alpha value is -1.19. The van der Waals surface area contributed by atoms with Gasteiger partial charge in [-0.1, -0.05) is 24.3 Å². The van der Waals surface area contributed by atoms with Gasteiger partial charge >= 0.3 is 0 Å². The lowest BCUT2D eigenvalue weighted by atomic mass is 9.76. The van der Waals surface area contributed by atoms with Gasteiger partial charge in [-0.15, -0.1) is 0 Å². The van der Waals surface area contributed by atoms with Crippen LogP contribution in [0.1, 0.15) is 31.2 Å². The van der Waals surface area contributed by atoms with Gasteiger partial charge in [0, 0.05) is 12.6 Å². The number of benzene rings is 1. The lowest BCUT2D eigenvalue weighted by molar-refractivity contribution is 0.148. The molecule has 1 fully saturated rings. The maximum absolute atomic E-state index is 12.8. The second-order valence-corrected chi connectivity index (χ2v) is 5.38. The molecule has 0 amide bonds. The molecule has 0 heterocycles. The molecule has 3 heteroatoms. The van der Waals surface area contributed by atoms with Crippen molar-refractivity contribution in [1.29, 1.82) is 0 Å². The summed E-state index contributed by atoms with van der Waals surface area (Å²) < 4.78 is 18.2. The topological polar surface area (TPSA) is 21.3 Å². The quantitative estimate of drug-likeness (QED) is 0.602. The highest BCUT2D eigenvalue weighted by Gasteiger charge is 2.29. The van der Waals surface area contributed by atoms with Crippen molar-refractivity contribution in [2.24, 2.45) is 0 Å². The van der Waals surface area contributed by atoms with E-state index in [0.717, 1.165) is 31.6 Å². The average molecular weight is 263 g/mol. The van der Waals surface area contributed by atoms with E-state index >= 15 is 0 Å². The van der Waals surface area contributed by atoms with Crippen LogP contribution in [0.2, 0.25) is 0 Å². The molecule has 1 aliphatic rings. The zero-order chi connectivity index (χ0) is 13.7. The van der Waals surface area contributed by atoms with Crippen LogP contribution >= 0.6 is 0 Å².